The lowest BCUT2D eigenvalue weighted by molar-refractivity contribution is 0.102. The summed E-state index contributed by atoms with van der Waals surface area (Å²) in [5.41, 5.74) is 4.26. The highest BCUT2D eigenvalue weighted by Gasteiger charge is 2.19. The quantitative estimate of drug-likeness (QED) is 0.257. The van der Waals surface area contributed by atoms with Gasteiger partial charge < -0.3 is 5.32 Å². The van der Waals surface area contributed by atoms with Crippen LogP contribution < -0.4 is 5.32 Å². The van der Waals surface area contributed by atoms with Crippen LogP contribution in [0.2, 0.25) is 0 Å². The normalized spacial score (nSPS) is 10.7. The highest BCUT2D eigenvalue weighted by molar-refractivity contribution is 9.10. The van der Waals surface area contributed by atoms with E-state index >= 15 is 0 Å². The lowest BCUT2D eigenvalue weighted by Gasteiger charge is -2.13. The Morgan fingerprint density at radius 2 is 1.38 bits per heavy atom. The van der Waals surface area contributed by atoms with Gasteiger partial charge in [-0.2, -0.15) is 0 Å². The van der Waals surface area contributed by atoms with Crippen molar-refractivity contribution in [1.29, 1.82) is 0 Å². The third-order valence-corrected chi connectivity index (χ3v) is 6.03. The van der Waals surface area contributed by atoms with E-state index in [9.17, 15) is 9.59 Å². The van der Waals surface area contributed by atoms with Crippen molar-refractivity contribution in [1.82, 2.24) is 4.98 Å². The molecule has 34 heavy (non-hydrogen) atoms. The molecule has 1 aromatic heterocycles. The number of carbonyl (C=O) groups is 2. The number of fused-ring (bicyclic) bond motifs is 1. The van der Waals surface area contributed by atoms with Gasteiger partial charge >= 0.3 is 0 Å². The smallest absolute Gasteiger partial charge is 0.256 e. The number of carbonyl (C=O) groups excluding carboxylic acids is 2. The zero-order valence-corrected chi connectivity index (χ0v) is 19.6. The molecule has 1 amide bonds. The van der Waals surface area contributed by atoms with Crippen molar-refractivity contribution in [2.45, 2.75) is 0 Å². The maximum absolute atomic E-state index is 13.5. The van der Waals surface area contributed by atoms with E-state index in [1.54, 1.807) is 36.4 Å². The predicted octanol–water partition coefficient (Wildman–Crippen LogP) is 7.15. The molecule has 0 fully saturated rings. The van der Waals surface area contributed by atoms with E-state index in [2.05, 4.69) is 21.2 Å². The Kier molecular flexibility index (Phi) is 6.02. The van der Waals surface area contributed by atoms with Crippen molar-refractivity contribution in [2.75, 3.05) is 5.32 Å². The van der Waals surface area contributed by atoms with Gasteiger partial charge in [0, 0.05) is 26.5 Å². The maximum atomic E-state index is 13.5. The van der Waals surface area contributed by atoms with Gasteiger partial charge in [-0.3, -0.25) is 9.59 Å². The molecule has 0 aliphatic rings. The Morgan fingerprint density at radius 1 is 0.706 bits per heavy atom. The first kappa shape index (κ1) is 21.7. The Labute approximate surface area is 205 Å². The van der Waals surface area contributed by atoms with Crippen molar-refractivity contribution >= 4 is 44.2 Å². The molecule has 164 valence electrons. The Hall–Kier alpha value is -4.09. The monoisotopic (exact) mass is 506 g/mol. The molecule has 0 unspecified atom stereocenters. The molecular formula is C29H19BrN2O2. The highest BCUT2D eigenvalue weighted by atomic mass is 79.9. The molecule has 0 saturated heterocycles. The van der Waals surface area contributed by atoms with E-state index < -0.39 is 0 Å². The van der Waals surface area contributed by atoms with Gasteiger partial charge in [0.25, 0.3) is 5.91 Å². The minimum absolute atomic E-state index is 0.165. The van der Waals surface area contributed by atoms with Gasteiger partial charge in [0.2, 0.25) is 0 Å². The van der Waals surface area contributed by atoms with Crippen LogP contribution in [0, 0.1) is 0 Å². The second-order valence-electron chi connectivity index (χ2n) is 7.78. The van der Waals surface area contributed by atoms with E-state index in [-0.39, 0.29) is 11.7 Å². The fraction of sp³-hybridized carbons (Fsp3) is 0. The van der Waals surface area contributed by atoms with E-state index in [0.717, 1.165) is 20.9 Å². The summed E-state index contributed by atoms with van der Waals surface area (Å²) < 4.78 is 0.755. The SMILES string of the molecule is O=C(c1ccccc1)c1cc(Br)ccc1NC(=O)c1cc(-c2ccccc2)nc2ccccc12. The second-order valence-corrected chi connectivity index (χ2v) is 8.69. The number of amides is 1. The molecule has 0 aliphatic heterocycles. The molecule has 5 aromatic rings. The summed E-state index contributed by atoms with van der Waals surface area (Å²) in [7, 11) is 0. The van der Waals surface area contributed by atoms with Crippen LogP contribution in [0.25, 0.3) is 22.2 Å². The molecule has 0 bridgehead atoms. The summed E-state index contributed by atoms with van der Waals surface area (Å²) in [6, 6.07) is 33.4. The summed E-state index contributed by atoms with van der Waals surface area (Å²) in [5.74, 6) is -0.470. The van der Waals surface area contributed by atoms with Crippen molar-refractivity contribution in [3.05, 3.63) is 130 Å². The van der Waals surface area contributed by atoms with Crippen LogP contribution in [0.4, 0.5) is 5.69 Å². The van der Waals surface area contributed by atoms with Crippen molar-refractivity contribution < 1.29 is 9.59 Å². The van der Waals surface area contributed by atoms with Crippen LogP contribution in [0.1, 0.15) is 26.3 Å². The van der Waals surface area contributed by atoms with Gasteiger partial charge in [0.15, 0.2) is 5.78 Å². The number of pyridine rings is 1. The number of anilines is 1. The molecule has 4 aromatic carbocycles. The highest BCUT2D eigenvalue weighted by Crippen LogP contribution is 2.28. The van der Waals surface area contributed by atoms with E-state index in [1.807, 2.05) is 72.8 Å². The molecule has 0 radical (unpaired) electrons. The van der Waals surface area contributed by atoms with Gasteiger partial charge in [-0.05, 0) is 30.3 Å². The fourth-order valence-electron chi connectivity index (χ4n) is 3.87. The lowest BCUT2D eigenvalue weighted by atomic mass is 10.0. The summed E-state index contributed by atoms with van der Waals surface area (Å²) in [5, 5.41) is 3.71. The Balaban J connectivity index is 1.57. The average Bonchev–Trinajstić information content (AvgIpc) is 2.89. The number of hydrogen-bond donors (Lipinski definition) is 1. The van der Waals surface area contributed by atoms with Crippen LogP contribution in [-0.4, -0.2) is 16.7 Å². The number of rotatable bonds is 5. The maximum Gasteiger partial charge on any atom is 0.256 e. The molecule has 0 aliphatic carbocycles. The Morgan fingerprint density at radius 3 is 2.15 bits per heavy atom. The molecule has 0 spiro atoms. The van der Waals surface area contributed by atoms with Gasteiger partial charge in [0.05, 0.1) is 22.5 Å². The number of nitrogens with zero attached hydrogens (tertiary/aromatic N) is 1. The minimum atomic E-state index is -0.305. The molecule has 4 nitrogen and oxygen atoms in total. The van der Waals surface area contributed by atoms with Crippen molar-refractivity contribution in [2.24, 2.45) is 0 Å². The third kappa shape index (κ3) is 4.38. The predicted molar refractivity (Wildman–Crippen MR) is 139 cm³/mol. The van der Waals surface area contributed by atoms with Crippen LogP contribution in [0.5, 0.6) is 0 Å². The molecular weight excluding hydrogens is 488 g/mol. The molecule has 0 saturated carbocycles. The number of hydrogen-bond acceptors (Lipinski definition) is 3. The molecule has 1 heterocycles. The van der Waals surface area contributed by atoms with Crippen molar-refractivity contribution in [3.63, 3.8) is 0 Å². The van der Waals surface area contributed by atoms with Gasteiger partial charge in [-0.1, -0.05) is 94.8 Å². The molecule has 5 heteroatoms. The summed E-state index contributed by atoms with van der Waals surface area (Å²) >= 11 is 3.44. The van der Waals surface area contributed by atoms with Crippen LogP contribution in [0.15, 0.2) is 114 Å². The van der Waals surface area contributed by atoms with Crippen LogP contribution in [-0.2, 0) is 0 Å². The average molecular weight is 507 g/mol. The first-order chi connectivity index (χ1) is 16.6. The number of nitrogens with one attached hydrogen (secondary N) is 1. The number of halogens is 1. The fourth-order valence-corrected chi connectivity index (χ4v) is 4.23. The number of para-hydroxylation sites is 1. The molecule has 1 N–H and O–H groups in total. The standard InChI is InChI=1S/C29H19BrN2O2/c30-21-15-16-26(24(17-21)28(33)20-11-5-2-6-12-20)32-29(34)23-18-27(19-9-3-1-4-10-19)31-25-14-8-7-13-22(23)25/h1-18H,(H,32,34). The molecule has 5 rings (SSSR count). The molecule has 0 atom stereocenters. The zero-order valence-electron chi connectivity index (χ0n) is 18.0. The van der Waals surface area contributed by atoms with E-state index in [1.165, 1.54) is 0 Å². The summed E-state index contributed by atoms with van der Waals surface area (Å²) in [6.07, 6.45) is 0. The first-order valence-electron chi connectivity index (χ1n) is 10.8. The largest absolute Gasteiger partial charge is 0.321 e. The second kappa shape index (κ2) is 9.41. The third-order valence-electron chi connectivity index (χ3n) is 5.54. The zero-order chi connectivity index (χ0) is 23.5. The van der Waals surface area contributed by atoms with Gasteiger partial charge in [0.1, 0.15) is 0 Å². The topological polar surface area (TPSA) is 59.1 Å². The van der Waals surface area contributed by atoms with E-state index in [4.69, 9.17) is 4.98 Å². The lowest BCUT2D eigenvalue weighted by Crippen LogP contribution is -2.16. The van der Waals surface area contributed by atoms with Crippen LogP contribution in [0.3, 0.4) is 0 Å². The number of ketones is 1. The van der Waals surface area contributed by atoms with Crippen LogP contribution >= 0.6 is 15.9 Å². The number of benzene rings is 4. The van der Waals surface area contributed by atoms with Gasteiger partial charge in [-0.15, -0.1) is 0 Å². The summed E-state index contributed by atoms with van der Waals surface area (Å²) in [6.45, 7) is 0. The van der Waals surface area contributed by atoms with E-state index in [0.29, 0.717) is 28.1 Å². The minimum Gasteiger partial charge on any atom is -0.321 e. The Bertz CT molecular complexity index is 1520. The first-order valence-corrected chi connectivity index (χ1v) is 11.6. The number of aromatic nitrogens is 1. The van der Waals surface area contributed by atoms with Crippen molar-refractivity contribution in [3.8, 4) is 11.3 Å². The summed E-state index contributed by atoms with van der Waals surface area (Å²) in [4.78, 5) is 31.5. The van der Waals surface area contributed by atoms with Gasteiger partial charge in [-0.25, -0.2) is 4.98 Å².